The third-order valence-electron chi connectivity index (χ3n) is 5.02. The van der Waals surface area contributed by atoms with Crippen molar-refractivity contribution in [2.24, 2.45) is 0 Å². The van der Waals surface area contributed by atoms with Gasteiger partial charge >= 0.3 is 0 Å². The van der Waals surface area contributed by atoms with Gasteiger partial charge in [0.2, 0.25) is 0 Å². The van der Waals surface area contributed by atoms with Crippen molar-refractivity contribution in [1.82, 2.24) is 9.97 Å². The highest BCUT2D eigenvalue weighted by Gasteiger charge is 2.35. The third kappa shape index (κ3) is 2.95. The molecule has 0 bridgehead atoms. The van der Waals surface area contributed by atoms with Crippen molar-refractivity contribution in [3.63, 3.8) is 0 Å². The number of carbonyl (C=O) groups excluding carboxylic acids is 1. The van der Waals surface area contributed by atoms with E-state index in [4.69, 9.17) is 9.72 Å². The van der Waals surface area contributed by atoms with Gasteiger partial charge in [-0.05, 0) is 48.5 Å². The molecule has 29 heavy (non-hydrogen) atoms. The highest BCUT2D eigenvalue weighted by atomic mass is 16.5. The Morgan fingerprint density at radius 1 is 0.931 bits per heavy atom. The number of rotatable bonds is 3. The Bertz CT molecular complexity index is 1210. The third-order valence-corrected chi connectivity index (χ3v) is 5.02. The van der Waals surface area contributed by atoms with Crippen LogP contribution in [0.15, 0.2) is 79.0 Å². The van der Waals surface area contributed by atoms with Crippen LogP contribution in [0.25, 0.3) is 11.0 Å². The summed E-state index contributed by atoms with van der Waals surface area (Å²) in [4.78, 5) is 24.4. The fraction of sp³-hybridized carbons (Fsp3) is 0.0870. The largest absolute Gasteiger partial charge is 0.497 e. The topological polar surface area (TPSA) is 67.3 Å². The van der Waals surface area contributed by atoms with Crippen molar-refractivity contribution in [2.75, 3.05) is 17.3 Å². The number of amides is 1. The number of benzene rings is 3. The van der Waals surface area contributed by atoms with Gasteiger partial charge in [0.15, 0.2) is 6.17 Å². The highest BCUT2D eigenvalue weighted by molar-refractivity contribution is 6.12. The van der Waals surface area contributed by atoms with E-state index in [0.717, 1.165) is 28.2 Å². The van der Waals surface area contributed by atoms with Gasteiger partial charge in [-0.2, -0.15) is 0 Å². The molecule has 0 aliphatic carbocycles. The second kappa shape index (κ2) is 6.91. The number of ether oxygens (including phenoxy) is 1. The molecule has 5 rings (SSSR count). The van der Waals surface area contributed by atoms with Gasteiger partial charge in [0.25, 0.3) is 5.91 Å². The Morgan fingerprint density at radius 2 is 1.66 bits per heavy atom. The number of methoxy groups -OCH3 is 1. The van der Waals surface area contributed by atoms with Crippen LogP contribution >= 0.6 is 0 Å². The number of nitrogens with one attached hydrogen (secondary N) is 1. The van der Waals surface area contributed by atoms with Crippen LogP contribution < -0.4 is 15.0 Å². The van der Waals surface area contributed by atoms with Crippen LogP contribution in [0.1, 0.15) is 22.2 Å². The Morgan fingerprint density at radius 3 is 2.45 bits per heavy atom. The van der Waals surface area contributed by atoms with Gasteiger partial charge in [-0.25, -0.2) is 4.98 Å². The van der Waals surface area contributed by atoms with E-state index in [1.165, 1.54) is 0 Å². The summed E-state index contributed by atoms with van der Waals surface area (Å²) in [6.07, 6.45) is 1.24. The molecule has 6 heteroatoms. The molecule has 1 aliphatic rings. The average molecular weight is 382 g/mol. The minimum atomic E-state index is -0.483. The van der Waals surface area contributed by atoms with Gasteiger partial charge in [0.05, 0.1) is 29.9 Å². The molecule has 0 fully saturated rings. The molecule has 142 valence electrons. The first-order chi connectivity index (χ1) is 14.2. The molecule has 1 N–H and O–H groups in total. The molecule has 1 aromatic heterocycles. The van der Waals surface area contributed by atoms with E-state index >= 15 is 0 Å². The zero-order valence-electron chi connectivity index (χ0n) is 15.7. The maximum atomic E-state index is 13.4. The SMILES string of the molecule is COc1ccc(N2C(=O)c3ccccc3N[C@@H]2c2cnc3ccccc3n2)cc1. The Kier molecular flexibility index (Phi) is 4.09. The van der Waals surface area contributed by atoms with E-state index in [-0.39, 0.29) is 5.91 Å². The second-order valence-electron chi connectivity index (χ2n) is 6.75. The first-order valence-corrected chi connectivity index (χ1v) is 9.29. The predicted octanol–water partition coefficient (Wildman–Crippen LogP) is 4.41. The van der Waals surface area contributed by atoms with Crippen LogP contribution in [0.5, 0.6) is 5.75 Å². The number of nitrogens with zero attached hydrogens (tertiary/aromatic N) is 3. The van der Waals surface area contributed by atoms with Crippen molar-refractivity contribution in [3.05, 3.63) is 90.3 Å². The summed E-state index contributed by atoms with van der Waals surface area (Å²) in [5.41, 5.74) is 4.42. The monoisotopic (exact) mass is 382 g/mol. The summed E-state index contributed by atoms with van der Waals surface area (Å²) in [6, 6.07) is 22.6. The lowest BCUT2D eigenvalue weighted by atomic mass is 10.0. The van der Waals surface area contributed by atoms with Gasteiger partial charge in [-0.3, -0.25) is 14.7 Å². The standard InChI is InChI=1S/C23H18N4O2/c1-29-16-12-10-15(11-13-16)27-22(26-18-7-3-2-6-17(18)23(27)28)21-14-24-19-8-4-5-9-20(19)25-21/h2-14,22,26H,1H3/t22-/m0/s1. The Labute approximate surface area is 167 Å². The van der Waals surface area contributed by atoms with Crippen molar-refractivity contribution in [3.8, 4) is 5.75 Å². The zero-order valence-corrected chi connectivity index (χ0v) is 15.7. The lowest BCUT2D eigenvalue weighted by Gasteiger charge is -2.37. The van der Waals surface area contributed by atoms with E-state index in [2.05, 4.69) is 10.3 Å². The van der Waals surface area contributed by atoms with Gasteiger partial charge in [-0.1, -0.05) is 24.3 Å². The molecule has 3 aromatic carbocycles. The Hall–Kier alpha value is -3.93. The zero-order chi connectivity index (χ0) is 19.8. The maximum Gasteiger partial charge on any atom is 0.262 e. The van der Waals surface area contributed by atoms with Crippen LogP contribution in [0.3, 0.4) is 0 Å². The van der Waals surface area contributed by atoms with E-state index in [9.17, 15) is 4.79 Å². The quantitative estimate of drug-likeness (QED) is 0.568. The summed E-state index contributed by atoms with van der Waals surface area (Å²) in [6.45, 7) is 0. The van der Waals surface area contributed by atoms with Crippen LogP contribution in [-0.4, -0.2) is 23.0 Å². The van der Waals surface area contributed by atoms with Gasteiger partial charge in [0.1, 0.15) is 11.4 Å². The van der Waals surface area contributed by atoms with E-state index in [1.807, 2.05) is 72.8 Å². The molecule has 2 heterocycles. The molecule has 1 amide bonds. The predicted molar refractivity (Wildman–Crippen MR) is 112 cm³/mol. The van der Waals surface area contributed by atoms with Gasteiger partial charge in [-0.15, -0.1) is 0 Å². The van der Waals surface area contributed by atoms with Crippen molar-refractivity contribution < 1.29 is 9.53 Å². The fourth-order valence-corrected chi connectivity index (χ4v) is 3.57. The van der Waals surface area contributed by atoms with E-state index in [1.54, 1.807) is 18.2 Å². The number of hydrogen-bond acceptors (Lipinski definition) is 5. The molecule has 4 aromatic rings. The molecular formula is C23H18N4O2. The molecule has 0 saturated heterocycles. The average Bonchev–Trinajstić information content (AvgIpc) is 2.79. The number of carbonyl (C=O) groups is 1. The second-order valence-corrected chi connectivity index (χ2v) is 6.75. The lowest BCUT2D eigenvalue weighted by molar-refractivity contribution is 0.0974. The highest BCUT2D eigenvalue weighted by Crippen LogP contribution is 2.36. The van der Waals surface area contributed by atoms with E-state index in [0.29, 0.717) is 11.3 Å². The molecule has 1 atom stereocenters. The summed E-state index contributed by atoms with van der Waals surface area (Å²) < 4.78 is 5.26. The Balaban J connectivity index is 1.65. The van der Waals surface area contributed by atoms with Crippen LogP contribution in [0.2, 0.25) is 0 Å². The molecule has 1 aliphatic heterocycles. The number of aromatic nitrogens is 2. The first kappa shape index (κ1) is 17.2. The molecule has 6 nitrogen and oxygen atoms in total. The molecule has 0 radical (unpaired) electrons. The number of hydrogen-bond donors (Lipinski definition) is 1. The summed E-state index contributed by atoms with van der Waals surface area (Å²) in [7, 11) is 1.62. The number of anilines is 2. The summed E-state index contributed by atoms with van der Waals surface area (Å²) in [5.74, 6) is 0.637. The van der Waals surface area contributed by atoms with Crippen molar-refractivity contribution in [1.29, 1.82) is 0 Å². The first-order valence-electron chi connectivity index (χ1n) is 9.29. The smallest absolute Gasteiger partial charge is 0.262 e. The van der Waals surface area contributed by atoms with Crippen molar-refractivity contribution >= 4 is 28.3 Å². The van der Waals surface area contributed by atoms with Gasteiger partial charge < -0.3 is 10.1 Å². The normalized spacial score (nSPS) is 15.7. The van der Waals surface area contributed by atoms with Crippen LogP contribution in [-0.2, 0) is 0 Å². The van der Waals surface area contributed by atoms with Gasteiger partial charge in [0, 0.05) is 11.4 Å². The number of para-hydroxylation sites is 3. The lowest BCUT2D eigenvalue weighted by Crippen LogP contribution is -2.43. The van der Waals surface area contributed by atoms with Crippen LogP contribution in [0, 0.1) is 0 Å². The number of fused-ring (bicyclic) bond motifs is 2. The summed E-state index contributed by atoms with van der Waals surface area (Å²) in [5, 5.41) is 3.46. The maximum absolute atomic E-state index is 13.4. The molecule has 0 saturated carbocycles. The molecular weight excluding hydrogens is 364 g/mol. The van der Waals surface area contributed by atoms with E-state index < -0.39 is 6.17 Å². The summed E-state index contributed by atoms with van der Waals surface area (Å²) >= 11 is 0. The minimum absolute atomic E-state index is 0.0931. The van der Waals surface area contributed by atoms with Crippen LogP contribution in [0.4, 0.5) is 11.4 Å². The fourth-order valence-electron chi connectivity index (χ4n) is 3.57. The molecule has 0 unspecified atom stereocenters. The van der Waals surface area contributed by atoms with Crippen molar-refractivity contribution in [2.45, 2.75) is 6.17 Å². The minimum Gasteiger partial charge on any atom is -0.497 e. The molecule has 0 spiro atoms.